The molecule has 5 rings (SSSR count). The second-order valence-electron chi connectivity index (χ2n) is 7.90. The lowest BCUT2D eigenvalue weighted by Gasteiger charge is -2.28. The first-order valence-electron chi connectivity index (χ1n) is 10.4. The summed E-state index contributed by atoms with van der Waals surface area (Å²) in [5, 5.41) is 0.509. The molecule has 35 heavy (non-hydrogen) atoms. The third-order valence-electron chi connectivity index (χ3n) is 5.47. The summed E-state index contributed by atoms with van der Waals surface area (Å²) in [6, 6.07) is 16.9. The number of rotatable bonds is 6. The van der Waals surface area contributed by atoms with Crippen LogP contribution in [-0.2, 0) is 20.0 Å². The predicted molar refractivity (Wildman–Crippen MR) is 134 cm³/mol. The summed E-state index contributed by atoms with van der Waals surface area (Å²) in [6.07, 6.45) is 0. The van der Waals surface area contributed by atoms with Crippen LogP contribution in [0.2, 0.25) is 5.02 Å². The normalized spacial score (nSPS) is 13.8. The quantitative estimate of drug-likeness (QED) is 0.374. The number of hydrogen-bond donors (Lipinski definition) is 2. The number of nitrogens with one attached hydrogen (secondary N) is 2. The van der Waals surface area contributed by atoms with Crippen LogP contribution in [0.1, 0.15) is 0 Å². The summed E-state index contributed by atoms with van der Waals surface area (Å²) < 4.78 is 68.3. The second kappa shape index (κ2) is 8.67. The first kappa shape index (κ1) is 23.3. The number of likely N-dealkylation sites (N-methyl/N-ethyl adjacent to an activating group) is 1. The van der Waals surface area contributed by atoms with Crippen molar-refractivity contribution in [1.82, 2.24) is 0 Å². The zero-order valence-corrected chi connectivity index (χ0v) is 20.7. The first-order chi connectivity index (χ1) is 16.6. The Labute approximate surface area is 207 Å². The van der Waals surface area contributed by atoms with Gasteiger partial charge in [-0.15, -0.1) is 0 Å². The van der Waals surface area contributed by atoms with Crippen LogP contribution in [0.15, 0.2) is 81.1 Å². The van der Waals surface area contributed by atoms with E-state index in [0.29, 0.717) is 35.6 Å². The number of furan rings is 1. The molecule has 0 aliphatic carbocycles. The number of fused-ring (bicyclic) bond motifs is 2. The van der Waals surface area contributed by atoms with Crippen LogP contribution < -0.4 is 19.1 Å². The lowest BCUT2D eigenvalue weighted by molar-refractivity contribution is 0.311. The minimum Gasteiger partial charge on any atom is -0.490 e. The molecule has 4 aromatic rings. The summed E-state index contributed by atoms with van der Waals surface area (Å²) in [6.45, 7) is 1.13. The molecule has 0 spiro atoms. The molecule has 12 heteroatoms. The van der Waals surface area contributed by atoms with Crippen LogP contribution in [-0.4, -0.2) is 37.0 Å². The Morgan fingerprint density at radius 2 is 1.66 bits per heavy atom. The number of nitrogens with zero attached hydrogens (tertiary/aromatic N) is 1. The van der Waals surface area contributed by atoms with Crippen LogP contribution in [0.5, 0.6) is 5.75 Å². The molecule has 1 aliphatic rings. The third-order valence-corrected chi connectivity index (χ3v) is 8.29. The van der Waals surface area contributed by atoms with Gasteiger partial charge in [0.05, 0.1) is 28.5 Å². The van der Waals surface area contributed by atoms with Gasteiger partial charge in [-0.2, -0.15) is 8.42 Å². The molecule has 0 saturated heterocycles. The van der Waals surface area contributed by atoms with E-state index in [1.54, 1.807) is 30.3 Å². The van der Waals surface area contributed by atoms with E-state index < -0.39 is 20.0 Å². The van der Waals surface area contributed by atoms with Gasteiger partial charge in [0, 0.05) is 23.5 Å². The maximum atomic E-state index is 13.2. The number of hydrogen-bond acceptors (Lipinski definition) is 7. The highest BCUT2D eigenvalue weighted by Gasteiger charge is 2.25. The van der Waals surface area contributed by atoms with Crippen molar-refractivity contribution in [3.8, 4) is 5.75 Å². The summed E-state index contributed by atoms with van der Waals surface area (Å²) in [5.41, 5.74) is 0.985. The average molecular weight is 534 g/mol. The van der Waals surface area contributed by atoms with Crippen molar-refractivity contribution in [2.24, 2.45) is 0 Å². The van der Waals surface area contributed by atoms with Gasteiger partial charge < -0.3 is 14.1 Å². The van der Waals surface area contributed by atoms with Crippen LogP contribution in [0.4, 0.5) is 17.1 Å². The average Bonchev–Trinajstić information content (AvgIpc) is 3.26. The smallest absolute Gasteiger partial charge is 0.295 e. The fraction of sp³-hybridized carbons (Fsp3) is 0.130. The van der Waals surface area contributed by atoms with Crippen molar-refractivity contribution in [2.45, 2.75) is 9.99 Å². The van der Waals surface area contributed by atoms with Gasteiger partial charge in [-0.3, -0.25) is 9.44 Å². The molecule has 1 aliphatic heterocycles. The minimum absolute atomic E-state index is 0.00332. The number of para-hydroxylation sites is 1. The first-order valence-corrected chi connectivity index (χ1v) is 13.8. The molecule has 0 saturated carbocycles. The Kier molecular flexibility index (Phi) is 5.78. The van der Waals surface area contributed by atoms with E-state index in [1.807, 2.05) is 11.9 Å². The molecular formula is C23H20ClN3O6S2. The Balaban J connectivity index is 1.47. The predicted octanol–water partition coefficient (Wildman–Crippen LogP) is 4.52. The van der Waals surface area contributed by atoms with Gasteiger partial charge in [-0.25, -0.2) is 8.42 Å². The molecule has 2 N–H and O–H groups in total. The zero-order chi connectivity index (χ0) is 24.8. The van der Waals surface area contributed by atoms with Crippen LogP contribution in [0, 0.1) is 0 Å². The van der Waals surface area contributed by atoms with Crippen LogP contribution in [0.3, 0.4) is 0 Å². The second-order valence-corrected chi connectivity index (χ2v) is 11.6. The SMILES string of the molecule is CN1CCOc2ccc(S(=O)(=O)Nc3ccc(Cl)cc3NS(=O)(=O)c3cc4ccccc4o3)cc21. The lowest BCUT2D eigenvalue weighted by Crippen LogP contribution is -2.29. The Hall–Kier alpha value is -3.41. The van der Waals surface area contributed by atoms with Crippen molar-refractivity contribution >= 4 is 59.7 Å². The molecular weight excluding hydrogens is 514 g/mol. The fourth-order valence-electron chi connectivity index (χ4n) is 3.68. The van der Waals surface area contributed by atoms with Crippen molar-refractivity contribution < 1.29 is 26.0 Å². The van der Waals surface area contributed by atoms with E-state index in [4.69, 9.17) is 20.8 Å². The van der Waals surface area contributed by atoms with E-state index in [0.717, 1.165) is 0 Å². The highest BCUT2D eigenvalue weighted by molar-refractivity contribution is 7.93. The number of halogens is 1. The summed E-state index contributed by atoms with van der Waals surface area (Å²) in [7, 11) is -6.42. The van der Waals surface area contributed by atoms with E-state index in [-0.39, 0.29) is 26.4 Å². The van der Waals surface area contributed by atoms with Gasteiger partial charge in [0.15, 0.2) is 0 Å². The van der Waals surface area contributed by atoms with Crippen molar-refractivity contribution in [1.29, 1.82) is 0 Å². The van der Waals surface area contributed by atoms with Gasteiger partial charge in [0.1, 0.15) is 17.9 Å². The zero-order valence-electron chi connectivity index (χ0n) is 18.4. The molecule has 0 fully saturated rings. The number of anilines is 3. The molecule has 9 nitrogen and oxygen atoms in total. The van der Waals surface area contributed by atoms with Crippen molar-refractivity contribution in [3.05, 3.63) is 71.8 Å². The highest BCUT2D eigenvalue weighted by Crippen LogP contribution is 2.35. The molecule has 0 amide bonds. The number of sulfonamides is 2. The molecule has 1 aromatic heterocycles. The van der Waals surface area contributed by atoms with Crippen molar-refractivity contribution in [2.75, 3.05) is 34.5 Å². The van der Waals surface area contributed by atoms with Gasteiger partial charge in [0.2, 0.25) is 5.09 Å². The molecule has 0 unspecified atom stereocenters. The van der Waals surface area contributed by atoms with E-state index in [9.17, 15) is 16.8 Å². The van der Waals surface area contributed by atoms with Gasteiger partial charge in [0.25, 0.3) is 20.0 Å². The maximum Gasteiger partial charge on any atom is 0.295 e. The number of ether oxygens (including phenoxy) is 1. The number of benzene rings is 3. The Bertz CT molecular complexity index is 1620. The molecule has 0 atom stereocenters. The van der Waals surface area contributed by atoms with Gasteiger partial charge in [-0.05, 0) is 42.5 Å². The fourth-order valence-corrected chi connectivity index (χ4v) is 5.99. The topological polar surface area (TPSA) is 118 Å². The van der Waals surface area contributed by atoms with Crippen LogP contribution >= 0.6 is 11.6 Å². The standard InChI is InChI=1S/C23H20ClN3O6S2/c1-27-10-11-32-22-9-7-17(14-20(22)27)34(28,29)25-18-8-6-16(24)13-19(18)26-35(30,31)23-12-15-4-2-3-5-21(15)33-23/h2-9,12-14,25-26H,10-11H2,1H3. The largest absolute Gasteiger partial charge is 0.490 e. The van der Waals surface area contributed by atoms with Crippen molar-refractivity contribution in [3.63, 3.8) is 0 Å². The molecule has 3 aromatic carbocycles. The van der Waals surface area contributed by atoms with Crippen LogP contribution in [0.25, 0.3) is 11.0 Å². The van der Waals surface area contributed by atoms with Gasteiger partial charge >= 0.3 is 0 Å². The third kappa shape index (κ3) is 4.62. The molecule has 2 heterocycles. The Morgan fingerprint density at radius 1 is 0.886 bits per heavy atom. The lowest BCUT2D eigenvalue weighted by atomic mass is 10.2. The highest BCUT2D eigenvalue weighted by atomic mass is 35.5. The van der Waals surface area contributed by atoms with E-state index in [2.05, 4.69) is 9.44 Å². The monoisotopic (exact) mass is 533 g/mol. The van der Waals surface area contributed by atoms with E-state index >= 15 is 0 Å². The molecule has 0 radical (unpaired) electrons. The maximum absolute atomic E-state index is 13.2. The summed E-state index contributed by atoms with van der Waals surface area (Å²) >= 11 is 6.08. The summed E-state index contributed by atoms with van der Waals surface area (Å²) in [4.78, 5) is 1.89. The molecule has 0 bridgehead atoms. The molecule has 182 valence electrons. The Morgan fingerprint density at radius 3 is 2.46 bits per heavy atom. The van der Waals surface area contributed by atoms with E-state index in [1.165, 1.54) is 36.4 Å². The van der Waals surface area contributed by atoms with Gasteiger partial charge in [-0.1, -0.05) is 29.8 Å². The summed E-state index contributed by atoms with van der Waals surface area (Å²) in [5.74, 6) is 0.587. The minimum atomic E-state index is -4.19.